The third-order valence-corrected chi connectivity index (χ3v) is 7.38. The summed E-state index contributed by atoms with van der Waals surface area (Å²) in [5.74, 6) is 1.04. The van der Waals surface area contributed by atoms with Gasteiger partial charge >= 0.3 is 0 Å². The van der Waals surface area contributed by atoms with Gasteiger partial charge in [-0.2, -0.15) is 0 Å². The summed E-state index contributed by atoms with van der Waals surface area (Å²) in [5, 5.41) is 8.17. The van der Waals surface area contributed by atoms with Crippen molar-refractivity contribution in [2.24, 2.45) is 5.92 Å². The van der Waals surface area contributed by atoms with Gasteiger partial charge in [0, 0.05) is 61.5 Å². The number of halogens is 1. The van der Waals surface area contributed by atoms with E-state index in [1.807, 2.05) is 12.1 Å². The molecule has 2 unspecified atom stereocenters. The van der Waals surface area contributed by atoms with Crippen molar-refractivity contribution in [3.8, 4) is 0 Å². The third-order valence-electron chi connectivity index (χ3n) is 7.13. The molecule has 2 saturated heterocycles. The van der Waals surface area contributed by atoms with Crippen LogP contribution in [0.15, 0.2) is 41.9 Å². The molecule has 1 saturated carbocycles. The number of allylic oxidation sites excluding steroid dienone is 1. The maximum Gasteiger partial charge on any atom is 0.222 e. The Morgan fingerprint density at radius 1 is 1.10 bits per heavy atom. The van der Waals surface area contributed by atoms with E-state index in [4.69, 9.17) is 11.6 Å². The van der Waals surface area contributed by atoms with E-state index >= 15 is 0 Å². The second-order valence-corrected chi connectivity index (χ2v) is 9.59. The van der Waals surface area contributed by atoms with Gasteiger partial charge in [-0.1, -0.05) is 23.7 Å². The number of amides is 1. The van der Waals surface area contributed by atoms with Gasteiger partial charge in [-0.05, 0) is 37.0 Å². The van der Waals surface area contributed by atoms with E-state index in [1.165, 1.54) is 35.5 Å². The smallest absolute Gasteiger partial charge is 0.222 e. The lowest BCUT2D eigenvalue weighted by molar-refractivity contribution is -0.130. The molecule has 0 bridgehead atoms. The van der Waals surface area contributed by atoms with Crippen molar-refractivity contribution in [3.63, 3.8) is 0 Å². The molecule has 0 spiro atoms. The molecule has 4 heterocycles. The van der Waals surface area contributed by atoms with Crippen LogP contribution >= 0.6 is 11.6 Å². The van der Waals surface area contributed by atoms with Crippen molar-refractivity contribution in [1.29, 1.82) is 0 Å². The largest absolute Gasteiger partial charge is 0.383 e. The van der Waals surface area contributed by atoms with Crippen molar-refractivity contribution >= 4 is 23.2 Å². The van der Waals surface area contributed by atoms with Crippen molar-refractivity contribution in [3.05, 3.63) is 52.4 Å². The zero-order valence-corrected chi connectivity index (χ0v) is 17.9. The monoisotopic (exact) mass is 425 g/mol. The lowest BCUT2D eigenvalue weighted by Crippen LogP contribution is -2.53. The molecule has 1 aliphatic carbocycles. The van der Waals surface area contributed by atoms with Gasteiger partial charge in [0.15, 0.2) is 0 Å². The van der Waals surface area contributed by atoms with Crippen LogP contribution in [0, 0.1) is 5.92 Å². The van der Waals surface area contributed by atoms with Crippen LogP contribution in [0.1, 0.15) is 31.2 Å². The molecule has 3 fully saturated rings. The number of benzene rings is 1. The van der Waals surface area contributed by atoms with Gasteiger partial charge in [0.1, 0.15) is 6.17 Å². The van der Waals surface area contributed by atoms with Crippen LogP contribution in [-0.4, -0.2) is 65.5 Å². The molecule has 1 aromatic rings. The Morgan fingerprint density at radius 2 is 1.93 bits per heavy atom. The van der Waals surface area contributed by atoms with E-state index in [9.17, 15) is 4.79 Å². The molecule has 2 N–H and O–H groups in total. The molecule has 1 aromatic carbocycles. The fourth-order valence-electron chi connectivity index (χ4n) is 5.32. The standard InChI is InChI=1S/C23H28ClN5O/c24-17-5-3-16(4-6-17)23-20(14-27-9-10-28-18(12-27)7-8-22(28)30)29-13-19(15-1-2-15)25-11-21(29)26-23/h3-6,13,15,18,21,25-26H,1-2,7-12,14H2. The topological polar surface area (TPSA) is 50.9 Å². The molecule has 4 aliphatic heterocycles. The van der Waals surface area contributed by atoms with Gasteiger partial charge in [-0.3, -0.25) is 9.69 Å². The van der Waals surface area contributed by atoms with Gasteiger partial charge in [-0.15, -0.1) is 0 Å². The second kappa shape index (κ2) is 7.20. The predicted octanol–water partition coefficient (Wildman–Crippen LogP) is 2.40. The average Bonchev–Trinajstić information content (AvgIpc) is 3.47. The normalized spacial score (nSPS) is 28.8. The van der Waals surface area contributed by atoms with E-state index in [0.717, 1.165) is 44.2 Å². The van der Waals surface area contributed by atoms with Gasteiger partial charge in [-0.25, -0.2) is 0 Å². The highest BCUT2D eigenvalue weighted by molar-refractivity contribution is 6.30. The quantitative estimate of drug-likeness (QED) is 0.775. The Balaban J connectivity index is 1.31. The number of nitrogens with one attached hydrogen (secondary N) is 2. The maximum absolute atomic E-state index is 12.1. The summed E-state index contributed by atoms with van der Waals surface area (Å²) in [6, 6.07) is 8.53. The number of piperazine rings is 1. The lowest BCUT2D eigenvalue weighted by Gasteiger charge is -2.39. The number of fused-ring (bicyclic) bond motifs is 2. The Labute approximate surface area is 182 Å². The molecule has 6 nitrogen and oxygen atoms in total. The minimum absolute atomic E-state index is 0.238. The summed E-state index contributed by atoms with van der Waals surface area (Å²) in [5.41, 5.74) is 5.10. The number of carbonyl (C=O) groups excluding carboxylic acids is 1. The molecule has 7 heteroatoms. The van der Waals surface area contributed by atoms with Gasteiger partial charge in [0.05, 0.1) is 17.9 Å². The summed E-state index contributed by atoms with van der Waals surface area (Å²) in [7, 11) is 0. The van der Waals surface area contributed by atoms with Gasteiger partial charge in [0.25, 0.3) is 0 Å². The molecule has 1 amide bonds. The average molecular weight is 426 g/mol. The molecule has 2 atom stereocenters. The number of hydrogen-bond acceptors (Lipinski definition) is 5. The van der Waals surface area contributed by atoms with Crippen molar-refractivity contribution < 1.29 is 4.79 Å². The Hall–Kier alpha value is -2.18. The van der Waals surface area contributed by atoms with Crippen LogP contribution in [-0.2, 0) is 4.79 Å². The van der Waals surface area contributed by atoms with E-state index in [-0.39, 0.29) is 6.17 Å². The maximum atomic E-state index is 12.1. The van der Waals surface area contributed by atoms with Crippen LogP contribution in [0.25, 0.3) is 5.70 Å². The first-order valence-electron chi connectivity index (χ1n) is 11.2. The number of rotatable bonds is 4. The minimum Gasteiger partial charge on any atom is -0.383 e. The zero-order chi connectivity index (χ0) is 20.2. The zero-order valence-electron chi connectivity index (χ0n) is 17.1. The van der Waals surface area contributed by atoms with Crippen molar-refractivity contribution in [2.75, 3.05) is 32.7 Å². The highest BCUT2D eigenvalue weighted by atomic mass is 35.5. The highest BCUT2D eigenvalue weighted by Gasteiger charge is 2.40. The highest BCUT2D eigenvalue weighted by Crippen LogP contribution is 2.39. The molecule has 158 valence electrons. The van der Waals surface area contributed by atoms with Crippen molar-refractivity contribution in [2.45, 2.75) is 37.9 Å². The Kier molecular flexibility index (Phi) is 4.46. The first kappa shape index (κ1) is 18.6. The molecule has 0 aromatic heterocycles. The fourth-order valence-corrected chi connectivity index (χ4v) is 5.45. The summed E-state index contributed by atoms with van der Waals surface area (Å²) in [4.78, 5) is 19.2. The summed E-state index contributed by atoms with van der Waals surface area (Å²) >= 11 is 6.15. The molecule has 30 heavy (non-hydrogen) atoms. The van der Waals surface area contributed by atoms with Gasteiger partial charge < -0.3 is 20.4 Å². The minimum atomic E-state index is 0.238. The summed E-state index contributed by atoms with van der Waals surface area (Å²) in [6.07, 6.45) is 6.89. The van der Waals surface area contributed by atoms with Crippen LogP contribution in [0.3, 0.4) is 0 Å². The van der Waals surface area contributed by atoms with E-state index < -0.39 is 0 Å². The second-order valence-electron chi connectivity index (χ2n) is 9.15. The summed E-state index contributed by atoms with van der Waals surface area (Å²) in [6.45, 7) is 4.57. The molecule has 6 rings (SSSR count). The molecular weight excluding hydrogens is 398 g/mol. The van der Waals surface area contributed by atoms with Crippen molar-refractivity contribution in [1.82, 2.24) is 25.3 Å². The SMILES string of the molecule is O=C1CCC2CN(CC3=C(c4ccc(Cl)cc4)NC4CNC(C5CC5)=CN34)CCN12. The van der Waals surface area contributed by atoms with Crippen LogP contribution in [0.4, 0.5) is 0 Å². The first-order valence-corrected chi connectivity index (χ1v) is 11.5. The lowest BCUT2D eigenvalue weighted by atomic mass is 10.1. The fraction of sp³-hybridized carbons (Fsp3) is 0.522. The summed E-state index contributed by atoms with van der Waals surface area (Å²) < 4.78 is 0. The number of nitrogens with zero attached hydrogens (tertiary/aromatic N) is 3. The van der Waals surface area contributed by atoms with E-state index in [1.54, 1.807) is 0 Å². The van der Waals surface area contributed by atoms with Crippen LogP contribution in [0.2, 0.25) is 5.02 Å². The van der Waals surface area contributed by atoms with Crippen LogP contribution < -0.4 is 10.6 Å². The van der Waals surface area contributed by atoms with E-state index in [0.29, 0.717) is 24.3 Å². The van der Waals surface area contributed by atoms with Gasteiger partial charge in [0.2, 0.25) is 5.91 Å². The Bertz CT molecular complexity index is 922. The third kappa shape index (κ3) is 3.26. The number of carbonyl (C=O) groups is 1. The first-order chi connectivity index (χ1) is 14.7. The molecule has 5 aliphatic rings. The molecular formula is C23H28ClN5O. The number of hydrogen-bond donors (Lipinski definition) is 2. The van der Waals surface area contributed by atoms with Crippen LogP contribution in [0.5, 0.6) is 0 Å². The molecule has 0 radical (unpaired) electrons. The Morgan fingerprint density at radius 3 is 2.73 bits per heavy atom. The predicted molar refractivity (Wildman–Crippen MR) is 117 cm³/mol. The van der Waals surface area contributed by atoms with E-state index in [2.05, 4.69) is 43.7 Å².